The van der Waals surface area contributed by atoms with E-state index in [9.17, 15) is 4.79 Å². The maximum Gasteiger partial charge on any atom is 0.252 e. The molecule has 0 bridgehead atoms. The van der Waals surface area contributed by atoms with Crippen LogP contribution in [-0.4, -0.2) is 26.5 Å². The van der Waals surface area contributed by atoms with Gasteiger partial charge in [-0.25, -0.2) is 0 Å². The molecule has 0 saturated carbocycles. The standard InChI is InChI=1S/C10H10BrN5O/c1-6-2-3-7(8(11)4-6)10(17)12-5-9-13-15-16-14-9/h2-4H,5H2,1H3,(H,12,17)(H,13,14,15,16). The van der Waals surface area contributed by atoms with Crippen molar-refractivity contribution in [3.63, 3.8) is 0 Å². The first kappa shape index (κ1) is 11.7. The first-order valence-corrected chi connectivity index (χ1v) is 5.73. The highest BCUT2D eigenvalue weighted by Gasteiger charge is 2.10. The molecule has 0 atom stereocenters. The van der Waals surface area contributed by atoms with Crippen LogP contribution in [0.1, 0.15) is 21.7 Å². The van der Waals surface area contributed by atoms with E-state index in [0.29, 0.717) is 11.4 Å². The molecule has 1 aromatic carbocycles. The average Bonchev–Trinajstić information content (AvgIpc) is 2.78. The fraction of sp³-hybridized carbons (Fsp3) is 0.200. The zero-order chi connectivity index (χ0) is 12.3. The van der Waals surface area contributed by atoms with Crippen LogP contribution in [0.3, 0.4) is 0 Å². The van der Waals surface area contributed by atoms with Crippen LogP contribution in [-0.2, 0) is 6.54 Å². The molecular weight excluding hydrogens is 286 g/mol. The van der Waals surface area contributed by atoms with Gasteiger partial charge in [0.2, 0.25) is 0 Å². The number of aromatic amines is 1. The molecule has 0 aliphatic rings. The van der Waals surface area contributed by atoms with E-state index < -0.39 is 0 Å². The summed E-state index contributed by atoms with van der Waals surface area (Å²) in [6.45, 7) is 2.21. The number of benzene rings is 1. The predicted octanol–water partition coefficient (Wildman–Crippen LogP) is 1.20. The Morgan fingerprint density at radius 2 is 2.35 bits per heavy atom. The van der Waals surface area contributed by atoms with E-state index >= 15 is 0 Å². The maximum atomic E-state index is 11.8. The van der Waals surface area contributed by atoms with Gasteiger partial charge in [-0.15, -0.1) is 10.2 Å². The van der Waals surface area contributed by atoms with Crippen LogP contribution in [0.2, 0.25) is 0 Å². The zero-order valence-corrected chi connectivity index (χ0v) is 10.7. The summed E-state index contributed by atoms with van der Waals surface area (Å²) < 4.78 is 0.767. The van der Waals surface area contributed by atoms with E-state index in [1.807, 2.05) is 19.1 Å². The summed E-state index contributed by atoms with van der Waals surface area (Å²) >= 11 is 3.36. The number of carbonyl (C=O) groups excluding carboxylic acids is 1. The van der Waals surface area contributed by atoms with Gasteiger partial charge < -0.3 is 5.32 Å². The zero-order valence-electron chi connectivity index (χ0n) is 9.07. The van der Waals surface area contributed by atoms with Gasteiger partial charge in [-0.2, -0.15) is 5.21 Å². The van der Waals surface area contributed by atoms with Crippen molar-refractivity contribution in [2.75, 3.05) is 0 Å². The Morgan fingerprint density at radius 3 is 3.00 bits per heavy atom. The number of tetrazole rings is 1. The lowest BCUT2D eigenvalue weighted by atomic mass is 10.1. The smallest absolute Gasteiger partial charge is 0.252 e. The van der Waals surface area contributed by atoms with Crippen LogP contribution in [0.15, 0.2) is 22.7 Å². The molecule has 0 radical (unpaired) electrons. The summed E-state index contributed by atoms with van der Waals surface area (Å²) in [4.78, 5) is 11.8. The van der Waals surface area contributed by atoms with Crippen molar-refractivity contribution < 1.29 is 4.79 Å². The molecule has 0 aliphatic carbocycles. The molecule has 1 heterocycles. The van der Waals surface area contributed by atoms with Gasteiger partial charge >= 0.3 is 0 Å². The number of aryl methyl sites for hydroxylation is 1. The normalized spacial score (nSPS) is 10.2. The monoisotopic (exact) mass is 295 g/mol. The molecule has 0 saturated heterocycles. The van der Waals surface area contributed by atoms with Gasteiger partial charge in [0.25, 0.3) is 5.91 Å². The van der Waals surface area contributed by atoms with Gasteiger partial charge in [0.05, 0.1) is 12.1 Å². The lowest BCUT2D eigenvalue weighted by molar-refractivity contribution is 0.0949. The summed E-state index contributed by atoms with van der Waals surface area (Å²) in [6, 6.07) is 5.54. The first-order valence-electron chi connectivity index (χ1n) is 4.93. The number of nitrogens with one attached hydrogen (secondary N) is 2. The summed E-state index contributed by atoms with van der Waals surface area (Å²) in [7, 11) is 0. The van der Waals surface area contributed by atoms with E-state index in [1.54, 1.807) is 6.07 Å². The fourth-order valence-corrected chi connectivity index (χ4v) is 1.99. The summed E-state index contributed by atoms with van der Waals surface area (Å²) in [5.74, 6) is 0.267. The predicted molar refractivity (Wildman–Crippen MR) is 64.2 cm³/mol. The second-order valence-corrected chi connectivity index (χ2v) is 4.35. The van der Waals surface area contributed by atoms with Crippen molar-refractivity contribution in [3.8, 4) is 0 Å². The van der Waals surface area contributed by atoms with Crippen LogP contribution >= 0.6 is 15.9 Å². The number of amides is 1. The minimum atomic E-state index is -0.179. The minimum absolute atomic E-state index is 0.179. The van der Waals surface area contributed by atoms with Gasteiger partial charge in [0.15, 0.2) is 5.82 Å². The Bertz CT molecular complexity index is 525. The third-order valence-electron chi connectivity index (χ3n) is 2.17. The number of carbonyl (C=O) groups is 1. The molecule has 2 rings (SSSR count). The van der Waals surface area contributed by atoms with E-state index in [1.165, 1.54) is 0 Å². The largest absolute Gasteiger partial charge is 0.345 e. The van der Waals surface area contributed by atoms with E-state index in [4.69, 9.17) is 0 Å². The molecule has 88 valence electrons. The Balaban J connectivity index is 2.04. The molecule has 6 nitrogen and oxygen atoms in total. The molecule has 2 aromatic rings. The van der Waals surface area contributed by atoms with Crippen LogP contribution in [0.5, 0.6) is 0 Å². The van der Waals surface area contributed by atoms with Crippen molar-refractivity contribution >= 4 is 21.8 Å². The minimum Gasteiger partial charge on any atom is -0.345 e. The van der Waals surface area contributed by atoms with Gasteiger partial charge in [-0.3, -0.25) is 4.79 Å². The molecule has 0 aliphatic heterocycles. The quantitative estimate of drug-likeness (QED) is 0.891. The van der Waals surface area contributed by atoms with Gasteiger partial charge in [0, 0.05) is 4.47 Å². The lowest BCUT2D eigenvalue weighted by Crippen LogP contribution is -2.23. The van der Waals surface area contributed by atoms with Crippen LogP contribution in [0, 0.1) is 6.92 Å². The summed E-state index contributed by atoms with van der Waals surface area (Å²) in [5.41, 5.74) is 1.67. The van der Waals surface area contributed by atoms with E-state index in [0.717, 1.165) is 10.0 Å². The molecule has 0 spiro atoms. The first-order chi connectivity index (χ1) is 8.16. The van der Waals surface area contributed by atoms with E-state index in [-0.39, 0.29) is 12.5 Å². The van der Waals surface area contributed by atoms with Crippen molar-refractivity contribution in [2.45, 2.75) is 13.5 Å². The maximum absolute atomic E-state index is 11.8. The molecule has 0 unspecified atom stereocenters. The SMILES string of the molecule is Cc1ccc(C(=O)NCc2nn[nH]n2)c(Br)c1. The van der Waals surface area contributed by atoms with Crippen LogP contribution in [0.25, 0.3) is 0 Å². The topological polar surface area (TPSA) is 83.6 Å². The molecular formula is C10H10BrN5O. The molecule has 1 amide bonds. The number of rotatable bonds is 3. The number of H-pyrrole nitrogens is 1. The van der Waals surface area contributed by atoms with Crippen molar-refractivity contribution in [1.29, 1.82) is 0 Å². The Morgan fingerprint density at radius 1 is 1.53 bits per heavy atom. The van der Waals surface area contributed by atoms with E-state index in [2.05, 4.69) is 41.9 Å². The molecule has 0 fully saturated rings. The molecule has 1 aromatic heterocycles. The fourth-order valence-electron chi connectivity index (χ4n) is 1.32. The number of hydrogen-bond acceptors (Lipinski definition) is 4. The van der Waals surface area contributed by atoms with Gasteiger partial charge in [-0.05, 0) is 40.5 Å². The Labute approximate surface area is 106 Å². The van der Waals surface area contributed by atoms with Gasteiger partial charge in [-0.1, -0.05) is 11.3 Å². The average molecular weight is 296 g/mol. The number of hydrogen-bond donors (Lipinski definition) is 2. The molecule has 17 heavy (non-hydrogen) atoms. The van der Waals surface area contributed by atoms with Gasteiger partial charge in [0.1, 0.15) is 0 Å². The van der Waals surface area contributed by atoms with Crippen molar-refractivity contribution in [3.05, 3.63) is 39.6 Å². The molecule has 7 heteroatoms. The molecule has 2 N–H and O–H groups in total. The van der Waals surface area contributed by atoms with Crippen LogP contribution in [0.4, 0.5) is 0 Å². The Kier molecular flexibility index (Phi) is 3.48. The van der Waals surface area contributed by atoms with Crippen molar-refractivity contribution in [1.82, 2.24) is 25.9 Å². The van der Waals surface area contributed by atoms with Crippen molar-refractivity contribution in [2.24, 2.45) is 0 Å². The second kappa shape index (κ2) is 5.05. The number of aromatic nitrogens is 4. The third kappa shape index (κ3) is 2.88. The Hall–Kier alpha value is -1.76. The summed E-state index contributed by atoms with van der Waals surface area (Å²) in [6.07, 6.45) is 0. The highest BCUT2D eigenvalue weighted by molar-refractivity contribution is 9.10. The summed E-state index contributed by atoms with van der Waals surface area (Å²) in [5, 5.41) is 15.9. The van der Waals surface area contributed by atoms with Crippen LogP contribution < -0.4 is 5.32 Å². The number of nitrogens with zero attached hydrogens (tertiary/aromatic N) is 3. The highest BCUT2D eigenvalue weighted by Crippen LogP contribution is 2.18. The number of halogens is 1. The third-order valence-corrected chi connectivity index (χ3v) is 2.82. The highest BCUT2D eigenvalue weighted by atomic mass is 79.9. The lowest BCUT2D eigenvalue weighted by Gasteiger charge is -2.05. The second-order valence-electron chi connectivity index (χ2n) is 3.49.